The van der Waals surface area contributed by atoms with Crippen molar-refractivity contribution in [2.75, 3.05) is 18.4 Å². The summed E-state index contributed by atoms with van der Waals surface area (Å²) in [5, 5.41) is 17.9. The summed E-state index contributed by atoms with van der Waals surface area (Å²) in [5.41, 5.74) is 6.82. The van der Waals surface area contributed by atoms with Gasteiger partial charge in [0.25, 0.3) is 11.9 Å². The van der Waals surface area contributed by atoms with Gasteiger partial charge in [-0.25, -0.2) is 15.0 Å². The Morgan fingerprint density at radius 3 is 2.30 bits per heavy atom. The number of hydrogen-bond acceptors (Lipinski definition) is 7. The van der Waals surface area contributed by atoms with Crippen molar-refractivity contribution in [1.29, 1.82) is 0 Å². The van der Waals surface area contributed by atoms with Crippen LogP contribution in [0.4, 0.5) is 5.95 Å². The minimum absolute atomic E-state index is 0.480. The predicted molar refractivity (Wildman–Crippen MR) is 114 cm³/mol. The maximum atomic E-state index is 9.00. The van der Waals surface area contributed by atoms with E-state index < -0.39 is 11.9 Å². The fourth-order valence-electron chi connectivity index (χ4n) is 3.25. The quantitative estimate of drug-likeness (QED) is 0.571. The summed E-state index contributed by atoms with van der Waals surface area (Å²) in [7, 11) is 0. The molecule has 2 heterocycles. The molecule has 0 bridgehead atoms. The van der Waals surface area contributed by atoms with Crippen molar-refractivity contribution in [3.8, 4) is 11.4 Å². The monoisotopic (exact) mass is 420 g/mol. The van der Waals surface area contributed by atoms with E-state index in [1.807, 2.05) is 25.5 Å². The van der Waals surface area contributed by atoms with E-state index in [0.717, 1.165) is 44.7 Å². The molecule has 10 nitrogen and oxygen atoms in total. The molecule has 1 fully saturated rings. The fraction of sp³-hybridized carbons (Fsp3) is 0.550. The highest BCUT2D eigenvalue weighted by Gasteiger charge is 2.24. The highest BCUT2D eigenvalue weighted by molar-refractivity contribution is 5.63. The largest absolute Gasteiger partial charge is 0.481 e. The van der Waals surface area contributed by atoms with Crippen LogP contribution in [0.15, 0.2) is 24.8 Å². The van der Waals surface area contributed by atoms with Crippen LogP contribution in [0.25, 0.3) is 11.4 Å². The number of aromatic nitrogens is 4. The third kappa shape index (κ3) is 8.99. The Morgan fingerprint density at radius 2 is 1.77 bits per heavy atom. The first kappa shape index (κ1) is 25.0. The van der Waals surface area contributed by atoms with Gasteiger partial charge in [0, 0.05) is 51.2 Å². The Labute approximate surface area is 176 Å². The number of nitrogens with one attached hydrogen (secondary N) is 1. The van der Waals surface area contributed by atoms with E-state index in [1.54, 1.807) is 0 Å². The van der Waals surface area contributed by atoms with Crippen LogP contribution in [0.3, 0.4) is 0 Å². The zero-order valence-electron chi connectivity index (χ0n) is 17.8. The van der Waals surface area contributed by atoms with Gasteiger partial charge in [0.15, 0.2) is 0 Å². The van der Waals surface area contributed by atoms with E-state index in [9.17, 15) is 0 Å². The summed E-state index contributed by atoms with van der Waals surface area (Å²) in [6.45, 7) is 5.79. The van der Waals surface area contributed by atoms with Crippen molar-refractivity contribution >= 4 is 17.9 Å². The molecule has 10 heteroatoms. The van der Waals surface area contributed by atoms with E-state index in [-0.39, 0.29) is 0 Å². The van der Waals surface area contributed by atoms with Crippen molar-refractivity contribution in [1.82, 2.24) is 19.5 Å². The number of aliphatic carboxylic acids is 2. The van der Waals surface area contributed by atoms with Crippen LogP contribution in [0.2, 0.25) is 0 Å². The summed E-state index contributed by atoms with van der Waals surface area (Å²) < 4.78 is 2.27. The van der Waals surface area contributed by atoms with E-state index >= 15 is 0 Å². The highest BCUT2D eigenvalue weighted by Crippen LogP contribution is 2.34. The molecular weight excluding hydrogens is 388 g/mol. The molecule has 0 aliphatic heterocycles. The van der Waals surface area contributed by atoms with Gasteiger partial charge in [0.05, 0.1) is 5.56 Å². The molecule has 2 aromatic heterocycles. The molecule has 2 atom stereocenters. The average Bonchev–Trinajstić information content (AvgIpc) is 3.18. The van der Waals surface area contributed by atoms with Gasteiger partial charge in [-0.1, -0.05) is 6.42 Å². The maximum Gasteiger partial charge on any atom is 0.300 e. The van der Waals surface area contributed by atoms with Gasteiger partial charge in [-0.3, -0.25) is 9.59 Å². The standard InChI is InChI=1S/C16H24N6.2C2H4O2/c1-2-18-16-20-10-13(11-21-16)15-19-6-7-22(15)14-5-3-4-12(8-14)9-17;2*1-2(3)4/h6-7,10-12,14H,2-5,8-9,17H2,1H3,(H,18,20,21);2*1H3,(H,3,4)/t12-,14+;;/m0../s1. The molecule has 0 spiro atoms. The maximum absolute atomic E-state index is 9.00. The van der Waals surface area contributed by atoms with Crippen LogP contribution in [0, 0.1) is 5.92 Å². The molecule has 0 aromatic carbocycles. The number of carbonyl (C=O) groups is 2. The van der Waals surface area contributed by atoms with Gasteiger partial charge < -0.3 is 25.8 Å². The van der Waals surface area contributed by atoms with Crippen LogP contribution >= 0.6 is 0 Å². The van der Waals surface area contributed by atoms with Gasteiger partial charge >= 0.3 is 0 Å². The Balaban J connectivity index is 0.000000485. The molecular formula is C20H32N6O4. The lowest BCUT2D eigenvalue weighted by molar-refractivity contribution is -0.135. The van der Waals surface area contributed by atoms with Gasteiger partial charge in [-0.2, -0.15) is 0 Å². The molecule has 2 aromatic rings. The summed E-state index contributed by atoms with van der Waals surface area (Å²) >= 11 is 0. The molecule has 5 N–H and O–H groups in total. The number of rotatable bonds is 5. The zero-order chi connectivity index (χ0) is 22.5. The average molecular weight is 421 g/mol. The first-order chi connectivity index (χ1) is 14.3. The normalized spacial score (nSPS) is 17.6. The van der Waals surface area contributed by atoms with Crippen molar-refractivity contribution in [2.24, 2.45) is 11.7 Å². The fourth-order valence-corrected chi connectivity index (χ4v) is 3.25. The van der Waals surface area contributed by atoms with Crippen LogP contribution in [0.5, 0.6) is 0 Å². The van der Waals surface area contributed by atoms with E-state index in [2.05, 4.69) is 31.0 Å². The van der Waals surface area contributed by atoms with Crippen LogP contribution in [-0.4, -0.2) is 54.8 Å². The zero-order valence-corrected chi connectivity index (χ0v) is 17.8. The first-order valence-corrected chi connectivity index (χ1v) is 9.96. The molecule has 0 radical (unpaired) electrons. The first-order valence-electron chi connectivity index (χ1n) is 9.96. The van der Waals surface area contributed by atoms with Crippen LogP contribution in [-0.2, 0) is 9.59 Å². The smallest absolute Gasteiger partial charge is 0.300 e. The van der Waals surface area contributed by atoms with Gasteiger partial charge in [0.1, 0.15) is 5.82 Å². The van der Waals surface area contributed by atoms with E-state index in [4.69, 9.17) is 25.5 Å². The third-order valence-corrected chi connectivity index (χ3v) is 4.40. The van der Waals surface area contributed by atoms with Gasteiger partial charge in [-0.15, -0.1) is 0 Å². The molecule has 30 heavy (non-hydrogen) atoms. The number of hydrogen-bond donors (Lipinski definition) is 4. The molecule has 166 valence electrons. The summed E-state index contributed by atoms with van der Waals surface area (Å²) in [6.07, 6.45) is 12.4. The molecule has 1 aliphatic rings. The number of nitrogens with zero attached hydrogens (tertiary/aromatic N) is 4. The molecule has 0 amide bonds. The Hall–Kier alpha value is -3.01. The Bertz CT molecular complexity index is 758. The van der Waals surface area contributed by atoms with Crippen LogP contribution < -0.4 is 11.1 Å². The van der Waals surface area contributed by atoms with Crippen molar-refractivity contribution in [3.63, 3.8) is 0 Å². The Kier molecular flexibility index (Phi) is 11.1. The summed E-state index contributed by atoms with van der Waals surface area (Å²) in [6, 6.07) is 0.480. The SMILES string of the molecule is CC(=O)O.CC(=O)O.CCNc1ncc(-c2nccn2[C@@H]2CCC[C@H](CN)C2)cn1. The number of carboxylic acids is 2. The van der Waals surface area contributed by atoms with E-state index in [1.165, 1.54) is 19.3 Å². The number of carboxylic acid groups (broad SMARTS) is 2. The van der Waals surface area contributed by atoms with E-state index in [0.29, 0.717) is 17.9 Å². The molecule has 1 aliphatic carbocycles. The number of anilines is 1. The Morgan fingerprint density at radius 1 is 1.17 bits per heavy atom. The lowest BCUT2D eigenvalue weighted by Crippen LogP contribution is -2.24. The van der Waals surface area contributed by atoms with Crippen molar-refractivity contribution in [2.45, 2.75) is 52.5 Å². The second-order valence-electron chi connectivity index (χ2n) is 6.94. The highest BCUT2D eigenvalue weighted by atomic mass is 16.4. The molecule has 1 saturated carbocycles. The minimum atomic E-state index is -0.833. The van der Waals surface area contributed by atoms with Gasteiger partial charge in [-0.05, 0) is 38.6 Å². The number of nitrogens with two attached hydrogens (primary N) is 1. The summed E-state index contributed by atoms with van der Waals surface area (Å²) in [4.78, 5) is 31.2. The van der Waals surface area contributed by atoms with Crippen molar-refractivity contribution < 1.29 is 19.8 Å². The van der Waals surface area contributed by atoms with Gasteiger partial charge in [0.2, 0.25) is 5.95 Å². The summed E-state index contributed by atoms with van der Waals surface area (Å²) in [5.74, 6) is 0.567. The molecule has 0 saturated heterocycles. The minimum Gasteiger partial charge on any atom is -0.481 e. The van der Waals surface area contributed by atoms with Crippen LogP contribution in [0.1, 0.15) is 52.5 Å². The van der Waals surface area contributed by atoms with Crippen molar-refractivity contribution in [3.05, 3.63) is 24.8 Å². The predicted octanol–water partition coefficient (Wildman–Crippen LogP) is 2.64. The molecule has 3 rings (SSSR count). The topological polar surface area (TPSA) is 156 Å². The lowest BCUT2D eigenvalue weighted by atomic mass is 9.85. The lowest BCUT2D eigenvalue weighted by Gasteiger charge is -2.30. The second-order valence-corrected chi connectivity index (χ2v) is 6.94. The third-order valence-electron chi connectivity index (χ3n) is 4.40. The second kappa shape index (κ2) is 13.3. The molecule has 0 unspecified atom stereocenters. The number of imidazole rings is 1.